The Morgan fingerprint density at radius 2 is 2.10 bits per heavy atom. The lowest BCUT2D eigenvalue weighted by molar-refractivity contribution is 0.559. The fourth-order valence-electron chi connectivity index (χ4n) is 1.86. The zero-order chi connectivity index (χ0) is 15.1. The van der Waals surface area contributed by atoms with Crippen molar-refractivity contribution >= 4 is 10.0 Å². The van der Waals surface area contributed by atoms with Crippen molar-refractivity contribution < 1.29 is 8.42 Å². The van der Waals surface area contributed by atoms with Crippen LogP contribution in [0.3, 0.4) is 0 Å². The summed E-state index contributed by atoms with van der Waals surface area (Å²) in [6.45, 7) is 2.81. The molecule has 114 valence electrons. The minimum Gasteiger partial charge on any atom is -0.271 e. The Morgan fingerprint density at radius 1 is 1.24 bits per heavy atom. The fraction of sp³-hybridized carbons (Fsp3) is 0.429. The molecule has 2 aromatic heterocycles. The number of hydrogen-bond acceptors (Lipinski definition) is 4. The number of rotatable bonds is 8. The molecule has 0 bridgehead atoms. The molecule has 2 rings (SSSR count). The quantitative estimate of drug-likeness (QED) is 0.804. The largest absolute Gasteiger partial charge is 0.271 e. The monoisotopic (exact) mass is 308 g/mol. The van der Waals surface area contributed by atoms with E-state index in [2.05, 4.69) is 14.8 Å². The van der Waals surface area contributed by atoms with Gasteiger partial charge in [-0.2, -0.15) is 5.10 Å². The molecule has 0 saturated heterocycles. The summed E-state index contributed by atoms with van der Waals surface area (Å²) in [7, 11) is -3.16. The van der Waals surface area contributed by atoms with Gasteiger partial charge in [0.2, 0.25) is 10.0 Å². The number of nitrogens with one attached hydrogen (secondary N) is 1. The van der Waals surface area contributed by atoms with Crippen molar-refractivity contribution in [2.45, 2.75) is 26.3 Å². The Hall–Kier alpha value is -1.73. The van der Waals surface area contributed by atoms with E-state index in [1.807, 2.05) is 37.4 Å². The van der Waals surface area contributed by atoms with Crippen LogP contribution < -0.4 is 4.72 Å². The molecule has 0 aromatic carbocycles. The first-order chi connectivity index (χ1) is 10.1. The molecule has 6 nitrogen and oxygen atoms in total. The second-order valence-electron chi connectivity index (χ2n) is 4.75. The molecule has 2 heterocycles. The zero-order valence-corrected chi connectivity index (χ0v) is 12.9. The van der Waals surface area contributed by atoms with Crippen LogP contribution in [0.4, 0.5) is 0 Å². The Labute approximate surface area is 125 Å². The maximum absolute atomic E-state index is 11.7. The Bertz CT molecular complexity index is 653. The van der Waals surface area contributed by atoms with Crippen LogP contribution in [0.1, 0.15) is 19.8 Å². The minimum absolute atomic E-state index is 0.182. The van der Waals surface area contributed by atoms with Gasteiger partial charge in [0, 0.05) is 18.9 Å². The minimum atomic E-state index is -3.16. The fourth-order valence-corrected chi connectivity index (χ4v) is 3.07. The van der Waals surface area contributed by atoms with Gasteiger partial charge in [0.1, 0.15) is 5.69 Å². The molecule has 0 spiro atoms. The van der Waals surface area contributed by atoms with E-state index in [1.54, 1.807) is 10.9 Å². The molecule has 0 unspecified atom stereocenters. The van der Waals surface area contributed by atoms with Crippen LogP contribution in [0, 0.1) is 0 Å². The molecule has 0 aliphatic carbocycles. The van der Waals surface area contributed by atoms with Crippen LogP contribution in [0.5, 0.6) is 0 Å². The molecular formula is C14H20N4O2S. The van der Waals surface area contributed by atoms with Gasteiger partial charge < -0.3 is 0 Å². The normalized spacial score (nSPS) is 11.7. The predicted molar refractivity (Wildman–Crippen MR) is 82.2 cm³/mol. The third kappa shape index (κ3) is 4.95. The van der Waals surface area contributed by atoms with E-state index in [-0.39, 0.29) is 5.75 Å². The van der Waals surface area contributed by atoms with Crippen LogP contribution in [0.25, 0.3) is 11.4 Å². The molecule has 0 radical (unpaired) electrons. The zero-order valence-electron chi connectivity index (χ0n) is 12.1. The van der Waals surface area contributed by atoms with E-state index in [1.165, 1.54) is 0 Å². The second kappa shape index (κ2) is 7.33. The van der Waals surface area contributed by atoms with E-state index in [9.17, 15) is 8.42 Å². The van der Waals surface area contributed by atoms with Crippen LogP contribution in [-0.4, -0.2) is 35.5 Å². The van der Waals surface area contributed by atoms with Crippen molar-refractivity contribution in [2.75, 3.05) is 12.3 Å². The standard InChI is InChI=1S/C14H20N4O2S/c1-2-3-12-21(19,20)16-9-11-18-10-7-14(17-18)13-6-4-5-8-15-13/h4-8,10,16H,2-3,9,11-12H2,1H3. The Kier molecular flexibility index (Phi) is 5.46. The highest BCUT2D eigenvalue weighted by atomic mass is 32.2. The van der Waals surface area contributed by atoms with Crippen LogP contribution in [0.2, 0.25) is 0 Å². The highest BCUT2D eigenvalue weighted by Crippen LogP contribution is 2.12. The number of unbranched alkanes of at least 4 members (excludes halogenated alkanes) is 1. The molecule has 0 saturated carbocycles. The van der Waals surface area contributed by atoms with Crippen molar-refractivity contribution in [3.05, 3.63) is 36.7 Å². The lowest BCUT2D eigenvalue weighted by Crippen LogP contribution is -2.29. The maximum atomic E-state index is 11.7. The lowest BCUT2D eigenvalue weighted by Gasteiger charge is -2.06. The maximum Gasteiger partial charge on any atom is 0.211 e. The molecule has 0 aliphatic heterocycles. The van der Waals surface area contributed by atoms with Crippen molar-refractivity contribution in [3.63, 3.8) is 0 Å². The first kappa shape index (κ1) is 15.7. The molecule has 0 fully saturated rings. The summed E-state index contributed by atoms with van der Waals surface area (Å²) in [6, 6.07) is 7.52. The summed E-state index contributed by atoms with van der Waals surface area (Å²) in [5.41, 5.74) is 1.59. The van der Waals surface area contributed by atoms with Crippen LogP contribution in [0.15, 0.2) is 36.7 Å². The van der Waals surface area contributed by atoms with E-state index in [0.717, 1.165) is 17.8 Å². The van der Waals surface area contributed by atoms with E-state index >= 15 is 0 Å². The molecule has 1 N–H and O–H groups in total. The van der Waals surface area contributed by atoms with Gasteiger partial charge in [-0.3, -0.25) is 9.67 Å². The molecule has 21 heavy (non-hydrogen) atoms. The van der Waals surface area contributed by atoms with Gasteiger partial charge >= 0.3 is 0 Å². The second-order valence-corrected chi connectivity index (χ2v) is 6.67. The SMILES string of the molecule is CCCCS(=O)(=O)NCCn1ccc(-c2ccccn2)n1. The molecule has 0 atom stereocenters. The van der Waals surface area contributed by atoms with Gasteiger partial charge in [0.25, 0.3) is 0 Å². The summed E-state index contributed by atoms with van der Waals surface area (Å²) in [6.07, 6.45) is 5.09. The smallest absolute Gasteiger partial charge is 0.211 e. The average Bonchev–Trinajstić information content (AvgIpc) is 2.95. The van der Waals surface area contributed by atoms with Gasteiger partial charge in [0.05, 0.1) is 18.0 Å². The number of sulfonamides is 1. The number of nitrogens with zero attached hydrogens (tertiary/aromatic N) is 3. The van der Waals surface area contributed by atoms with Gasteiger partial charge in [0.15, 0.2) is 0 Å². The topological polar surface area (TPSA) is 76.9 Å². The summed E-state index contributed by atoms with van der Waals surface area (Å²) in [4.78, 5) is 4.23. The molecule has 0 aliphatic rings. The molecular weight excluding hydrogens is 288 g/mol. The van der Waals surface area contributed by atoms with Crippen molar-refractivity contribution in [1.82, 2.24) is 19.5 Å². The Balaban J connectivity index is 1.86. The van der Waals surface area contributed by atoms with E-state index in [4.69, 9.17) is 0 Å². The molecule has 2 aromatic rings. The molecule has 7 heteroatoms. The van der Waals surface area contributed by atoms with Crippen molar-refractivity contribution in [1.29, 1.82) is 0 Å². The van der Waals surface area contributed by atoms with Crippen molar-refractivity contribution in [2.24, 2.45) is 0 Å². The number of hydrogen-bond donors (Lipinski definition) is 1. The summed E-state index contributed by atoms with van der Waals surface area (Å²) < 4.78 is 27.6. The van der Waals surface area contributed by atoms with Crippen LogP contribution >= 0.6 is 0 Å². The van der Waals surface area contributed by atoms with Crippen molar-refractivity contribution in [3.8, 4) is 11.4 Å². The lowest BCUT2D eigenvalue weighted by atomic mass is 10.3. The van der Waals surface area contributed by atoms with Gasteiger partial charge in [-0.05, 0) is 24.6 Å². The van der Waals surface area contributed by atoms with E-state index in [0.29, 0.717) is 19.5 Å². The van der Waals surface area contributed by atoms with Gasteiger partial charge in [-0.15, -0.1) is 0 Å². The average molecular weight is 308 g/mol. The van der Waals surface area contributed by atoms with Gasteiger partial charge in [-0.1, -0.05) is 19.4 Å². The number of pyridine rings is 1. The highest BCUT2D eigenvalue weighted by molar-refractivity contribution is 7.89. The van der Waals surface area contributed by atoms with E-state index < -0.39 is 10.0 Å². The highest BCUT2D eigenvalue weighted by Gasteiger charge is 2.09. The summed E-state index contributed by atoms with van der Waals surface area (Å²) in [5.74, 6) is 0.182. The summed E-state index contributed by atoms with van der Waals surface area (Å²) in [5, 5.41) is 4.38. The Morgan fingerprint density at radius 3 is 2.81 bits per heavy atom. The third-order valence-corrected chi connectivity index (χ3v) is 4.47. The first-order valence-electron chi connectivity index (χ1n) is 7.03. The summed E-state index contributed by atoms with van der Waals surface area (Å²) >= 11 is 0. The number of aromatic nitrogens is 3. The third-order valence-electron chi connectivity index (χ3n) is 3.00. The van der Waals surface area contributed by atoms with Gasteiger partial charge in [-0.25, -0.2) is 13.1 Å². The first-order valence-corrected chi connectivity index (χ1v) is 8.68. The molecule has 0 amide bonds. The van der Waals surface area contributed by atoms with Crippen LogP contribution in [-0.2, 0) is 16.6 Å². The predicted octanol–water partition coefficient (Wildman–Crippen LogP) is 1.66.